The quantitative estimate of drug-likeness (QED) is 0.711. The van der Waals surface area contributed by atoms with Crippen molar-refractivity contribution in [2.45, 2.75) is 26.3 Å². The highest BCUT2D eigenvalue weighted by Crippen LogP contribution is 2.28. The molecular formula is C15H17NO2. The molecule has 3 heteroatoms. The smallest absolute Gasteiger partial charge is 0.340 e. The first kappa shape index (κ1) is 12.6. The number of methoxy groups -OCH3 is 1. The Hall–Kier alpha value is -1.90. The van der Waals surface area contributed by atoms with Crippen LogP contribution < -0.4 is 0 Å². The molecule has 94 valence electrons. The summed E-state index contributed by atoms with van der Waals surface area (Å²) in [6, 6.07) is 7.85. The molecule has 0 spiro atoms. The average molecular weight is 243 g/mol. The first-order valence-corrected chi connectivity index (χ1v) is 5.92. The fourth-order valence-electron chi connectivity index (χ4n) is 1.93. The van der Waals surface area contributed by atoms with Crippen LogP contribution in [0.3, 0.4) is 0 Å². The molecule has 3 nitrogen and oxygen atoms in total. The maximum atomic E-state index is 11.8. The predicted molar refractivity (Wildman–Crippen MR) is 72.7 cm³/mol. The van der Waals surface area contributed by atoms with Gasteiger partial charge in [0, 0.05) is 5.56 Å². The van der Waals surface area contributed by atoms with E-state index >= 15 is 0 Å². The van der Waals surface area contributed by atoms with Crippen LogP contribution in [0.4, 0.5) is 0 Å². The molecule has 1 aliphatic rings. The molecule has 0 saturated carbocycles. The van der Waals surface area contributed by atoms with Crippen molar-refractivity contribution in [2.75, 3.05) is 7.11 Å². The van der Waals surface area contributed by atoms with Crippen molar-refractivity contribution in [3.8, 4) is 0 Å². The summed E-state index contributed by atoms with van der Waals surface area (Å²) in [6.07, 6.45) is 1.84. The van der Waals surface area contributed by atoms with Gasteiger partial charge in [-0.05, 0) is 32.4 Å². The molecule has 18 heavy (non-hydrogen) atoms. The number of benzene rings is 1. The molecule has 0 heterocycles. The summed E-state index contributed by atoms with van der Waals surface area (Å²) in [5, 5.41) is 0. The SMILES string of the molecule is COC(=O)C1=Cc2ccccc2C1=NC(C)(C)C. The zero-order valence-electron chi connectivity index (χ0n) is 11.2. The first-order chi connectivity index (χ1) is 8.42. The Morgan fingerprint density at radius 2 is 1.89 bits per heavy atom. The molecule has 0 unspecified atom stereocenters. The van der Waals surface area contributed by atoms with Gasteiger partial charge in [-0.15, -0.1) is 0 Å². The van der Waals surface area contributed by atoms with E-state index in [9.17, 15) is 4.79 Å². The number of esters is 1. The molecule has 0 aromatic heterocycles. The van der Waals surface area contributed by atoms with Crippen LogP contribution in [0.5, 0.6) is 0 Å². The number of ether oxygens (including phenoxy) is 1. The van der Waals surface area contributed by atoms with Crippen LogP contribution in [-0.2, 0) is 9.53 Å². The topological polar surface area (TPSA) is 38.7 Å². The summed E-state index contributed by atoms with van der Waals surface area (Å²) in [5.41, 5.74) is 3.03. The number of hydrogen-bond acceptors (Lipinski definition) is 3. The van der Waals surface area contributed by atoms with E-state index in [0.717, 1.165) is 16.8 Å². The predicted octanol–water partition coefficient (Wildman–Crippen LogP) is 2.84. The van der Waals surface area contributed by atoms with Crippen LogP contribution in [0, 0.1) is 0 Å². The van der Waals surface area contributed by atoms with Crippen molar-refractivity contribution < 1.29 is 9.53 Å². The largest absolute Gasteiger partial charge is 0.465 e. The maximum absolute atomic E-state index is 11.8. The van der Waals surface area contributed by atoms with Gasteiger partial charge >= 0.3 is 5.97 Å². The minimum absolute atomic E-state index is 0.236. The molecule has 1 aromatic carbocycles. The molecule has 1 aliphatic carbocycles. The normalized spacial score (nSPS) is 16.4. The molecular weight excluding hydrogens is 226 g/mol. The number of rotatable bonds is 1. The Balaban J connectivity index is 2.57. The second-order valence-corrected chi connectivity index (χ2v) is 5.27. The zero-order valence-corrected chi connectivity index (χ0v) is 11.2. The highest BCUT2D eigenvalue weighted by molar-refractivity contribution is 6.33. The fourth-order valence-corrected chi connectivity index (χ4v) is 1.93. The third-order valence-corrected chi connectivity index (χ3v) is 2.62. The number of hydrogen-bond donors (Lipinski definition) is 0. The van der Waals surface area contributed by atoms with Gasteiger partial charge < -0.3 is 4.74 Å². The lowest BCUT2D eigenvalue weighted by molar-refractivity contribution is -0.135. The van der Waals surface area contributed by atoms with Gasteiger partial charge in [-0.25, -0.2) is 4.79 Å². The average Bonchev–Trinajstić information content (AvgIpc) is 2.65. The van der Waals surface area contributed by atoms with E-state index in [-0.39, 0.29) is 11.5 Å². The van der Waals surface area contributed by atoms with Crippen molar-refractivity contribution in [1.82, 2.24) is 0 Å². The van der Waals surface area contributed by atoms with E-state index in [1.165, 1.54) is 7.11 Å². The number of fused-ring (bicyclic) bond motifs is 1. The molecule has 0 amide bonds. The van der Waals surface area contributed by atoms with E-state index in [1.54, 1.807) is 0 Å². The van der Waals surface area contributed by atoms with Gasteiger partial charge in [0.1, 0.15) is 0 Å². The Kier molecular flexibility index (Phi) is 3.07. The van der Waals surface area contributed by atoms with Gasteiger partial charge in [0.2, 0.25) is 0 Å². The monoisotopic (exact) mass is 243 g/mol. The van der Waals surface area contributed by atoms with Gasteiger partial charge in [0.05, 0.1) is 23.9 Å². The number of carbonyl (C=O) groups is 1. The van der Waals surface area contributed by atoms with E-state index < -0.39 is 0 Å². The Labute approximate surface area is 107 Å². The van der Waals surface area contributed by atoms with E-state index in [0.29, 0.717) is 5.57 Å². The van der Waals surface area contributed by atoms with Crippen molar-refractivity contribution in [3.05, 3.63) is 41.0 Å². The summed E-state index contributed by atoms with van der Waals surface area (Å²) < 4.78 is 4.82. The van der Waals surface area contributed by atoms with Gasteiger partial charge in [-0.2, -0.15) is 0 Å². The lowest BCUT2D eigenvalue weighted by Crippen LogP contribution is -2.19. The first-order valence-electron chi connectivity index (χ1n) is 5.92. The van der Waals surface area contributed by atoms with E-state index in [1.807, 2.05) is 51.1 Å². The van der Waals surface area contributed by atoms with Crippen molar-refractivity contribution in [2.24, 2.45) is 4.99 Å². The third kappa shape index (κ3) is 2.35. The molecule has 0 fully saturated rings. The van der Waals surface area contributed by atoms with Gasteiger partial charge in [-0.1, -0.05) is 24.3 Å². The summed E-state index contributed by atoms with van der Waals surface area (Å²) in [4.78, 5) is 16.5. The van der Waals surface area contributed by atoms with Crippen LogP contribution in [0.2, 0.25) is 0 Å². The van der Waals surface area contributed by atoms with Crippen LogP contribution in [0.1, 0.15) is 31.9 Å². The molecule has 0 bridgehead atoms. The van der Waals surface area contributed by atoms with Gasteiger partial charge in [-0.3, -0.25) is 4.99 Å². The summed E-state index contributed by atoms with van der Waals surface area (Å²) >= 11 is 0. The van der Waals surface area contributed by atoms with Gasteiger partial charge in [0.25, 0.3) is 0 Å². The van der Waals surface area contributed by atoms with Crippen molar-refractivity contribution in [1.29, 1.82) is 0 Å². The third-order valence-electron chi connectivity index (χ3n) is 2.62. The second kappa shape index (κ2) is 4.41. The van der Waals surface area contributed by atoms with Crippen molar-refractivity contribution in [3.63, 3.8) is 0 Å². The fraction of sp³-hybridized carbons (Fsp3) is 0.333. The molecule has 0 atom stereocenters. The summed E-state index contributed by atoms with van der Waals surface area (Å²) in [6.45, 7) is 6.03. The Bertz CT molecular complexity index is 548. The molecule has 2 rings (SSSR count). The minimum Gasteiger partial charge on any atom is -0.465 e. The number of nitrogens with zero attached hydrogens (tertiary/aromatic N) is 1. The lowest BCUT2D eigenvalue weighted by atomic mass is 10.0. The Morgan fingerprint density at radius 1 is 1.22 bits per heavy atom. The highest BCUT2D eigenvalue weighted by atomic mass is 16.5. The number of carbonyl (C=O) groups excluding carboxylic acids is 1. The molecule has 0 N–H and O–H groups in total. The summed E-state index contributed by atoms with van der Waals surface area (Å²) in [5.74, 6) is -0.339. The molecule has 0 radical (unpaired) electrons. The maximum Gasteiger partial charge on any atom is 0.340 e. The van der Waals surface area contributed by atoms with E-state index in [2.05, 4.69) is 4.99 Å². The van der Waals surface area contributed by atoms with Crippen LogP contribution >= 0.6 is 0 Å². The number of aliphatic imine (C=N–C) groups is 1. The Morgan fingerprint density at radius 3 is 2.50 bits per heavy atom. The lowest BCUT2D eigenvalue weighted by Gasteiger charge is -2.15. The van der Waals surface area contributed by atoms with Gasteiger partial charge in [0.15, 0.2) is 0 Å². The summed E-state index contributed by atoms with van der Waals surface area (Å²) in [7, 11) is 1.39. The second-order valence-electron chi connectivity index (χ2n) is 5.27. The van der Waals surface area contributed by atoms with Crippen molar-refractivity contribution >= 4 is 17.8 Å². The molecule has 0 aliphatic heterocycles. The van der Waals surface area contributed by atoms with Crippen LogP contribution in [-0.4, -0.2) is 24.3 Å². The van der Waals surface area contributed by atoms with Crippen LogP contribution in [0.25, 0.3) is 6.08 Å². The van der Waals surface area contributed by atoms with Crippen LogP contribution in [0.15, 0.2) is 34.8 Å². The minimum atomic E-state index is -0.339. The molecule has 1 aromatic rings. The standard InChI is InChI=1S/C15H17NO2/c1-15(2,3)16-13-11-8-6-5-7-10(11)9-12(13)14(17)18-4/h5-9H,1-4H3. The molecule has 0 saturated heterocycles. The zero-order chi connectivity index (χ0) is 13.3. The van der Waals surface area contributed by atoms with E-state index in [4.69, 9.17) is 4.74 Å². The highest BCUT2D eigenvalue weighted by Gasteiger charge is 2.27.